The van der Waals surface area contributed by atoms with Gasteiger partial charge in [-0.1, -0.05) is 19.4 Å². The number of ketones is 1. The lowest BCUT2D eigenvalue weighted by atomic mass is 9.45. The van der Waals surface area contributed by atoms with E-state index in [2.05, 4.69) is 26.1 Å². The number of allylic oxidation sites excluding steroid dienone is 1. The first-order valence-electron chi connectivity index (χ1n) is 10.3. The second-order valence-corrected chi connectivity index (χ2v) is 10.1. The summed E-state index contributed by atoms with van der Waals surface area (Å²) in [5.41, 5.74) is 0.932. The van der Waals surface area contributed by atoms with Crippen molar-refractivity contribution in [3.05, 3.63) is 11.6 Å². The molecule has 4 rings (SSSR count). The molecule has 4 aliphatic rings. The molecule has 144 valence electrons. The van der Waals surface area contributed by atoms with Gasteiger partial charge in [0.2, 0.25) is 5.91 Å². The third-order valence-corrected chi connectivity index (χ3v) is 8.95. The molecule has 4 aliphatic carbocycles. The molecule has 26 heavy (non-hydrogen) atoms. The summed E-state index contributed by atoms with van der Waals surface area (Å²) in [6, 6.07) is 0. The second-order valence-electron chi connectivity index (χ2n) is 10.1. The number of nitrogens with one attached hydrogen (secondary N) is 1. The standard InChI is InChI=1S/C22H33NO3/c1-13(24)23-22(4)10-8-17-16-6-5-14-11-15(25)7-9-20(14,2)19(16)18(26)12-21(17,22)3/h11,16-19,26H,5-10,12H2,1-4H3,(H,23,24)/t16?,17?,18?,19?,20?,21?,22-/m1/s1. The molecule has 7 atom stereocenters. The van der Waals surface area contributed by atoms with Crippen LogP contribution in [0.3, 0.4) is 0 Å². The Kier molecular flexibility index (Phi) is 3.97. The summed E-state index contributed by atoms with van der Waals surface area (Å²) in [6.45, 7) is 8.35. The molecule has 2 N–H and O–H groups in total. The van der Waals surface area contributed by atoms with Crippen LogP contribution in [0.4, 0.5) is 0 Å². The normalized spacial score (nSPS) is 50.3. The fourth-order valence-corrected chi connectivity index (χ4v) is 7.52. The van der Waals surface area contributed by atoms with E-state index < -0.39 is 0 Å². The van der Waals surface area contributed by atoms with Crippen LogP contribution < -0.4 is 5.32 Å². The van der Waals surface area contributed by atoms with Gasteiger partial charge in [-0.2, -0.15) is 0 Å². The lowest BCUT2D eigenvalue weighted by molar-refractivity contribution is -0.142. The van der Waals surface area contributed by atoms with E-state index >= 15 is 0 Å². The Labute approximate surface area is 156 Å². The molecule has 0 spiro atoms. The van der Waals surface area contributed by atoms with Crippen molar-refractivity contribution in [2.45, 2.75) is 84.3 Å². The van der Waals surface area contributed by atoms with E-state index in [1.807, 2.05) is 6.08 Å². The Morgan fingerprint density at radius 1 is 1.19 bits per heavy atom. The topological polar surface area (TPSA) is 66.4 Å². The van der Waals surface area contributed by atoms with Gasteiger partial charge < -0.3 is 10.4 Å². The monoisotopic (exact) mass is 359 g/mol. The molecule has 3 fully saturated rings. The van der Waals surface area contributed by atoms with Crippen LogP contribution in [0.5, 0.6) is 0 Å². The van der Waals surface area contributed by atoms with Gasteiger partial charge in [0.15, 0.2) is 5.78 Å². The number of amides is 1. The minimum absolute atomic E-state index is 0.0256. The molecular formula is C22H33NO3. The molecule has 3 saturated carbocycles. The van der Waals surface area contributed by atoms with E-state index in [9.17, 15) is 14.7 Å². The zero-order valence-corrected chi connectivity index (χ0v) is 16.6. The molecule has 0 aromatic rings. The number of hydrogen-bond donors (Lipinski definition) is 2. The molecule has 4 nitrogen and oxygen atoms in total. The van der Waals surface area contributed by atoms with Gasteiger partial charge in [-0.05, 0) is 80.1 Å². The van der Waals surface area contributed by atoms with Gasteiger partial charge in [-0.15, -0.1) is 0 Å². The van der Waals surface area contributed by atoms with Crippen molar-refractivity contribution >= 4 is 11.7 Å². The summed E-state index contributed by atoms with van der Waals surface area (Å²) in [5.74, 6) is 1.54. The number of carbonyl (C=O) groups excluding carboxylic acids is 2. The van der Waals surface area contributed by atoms with Crippen molar-refractivity contribution in [2.75, 3.05) is 0 Å². The van der Waals surface area contributed by atoms with Gasteiger partial charge in [0.1, 0.15) is 0 Å². The molecule has 0 saturated heterocycles. The van der Waals surface area contributed by atoms with Crippen LogP contribution in [0.1, 0.15) is 72.6 Å². The molecule has 0 aromatic carbocycles. The maximum Gasteiger partial charge on any atom is 0.217 e. The van der Waals surface area contributed by atoms with Gasteiger partial charge in [-0.25, -0.2) is 0 Å². The van der Waals surface area contributed by atoms with Crippen LogP contribution in [0.2, 0.25) is 0 Å². The number of rotatable bonds is 1. The molecule has 0 heterocycles. The number of fused-ring (bicyclic) bond motifs is 5. The Bertz CT molecular complexity index is 685. The Morgan fingerprint density at radius 3 is 2.62 bits per heavy atom. The van der Waals surface area contributed by atoms with Gasteiger partial charge in [0.25, 0.3) is 0 Å². The average Bonchev–Trinajstić information content (AvgIpc) is 2.78. The van der Waals surface area contributed by atoms with Crippen LogP contribution in [0.25, 0.3) is 0 Å². The summed E-state index contributed by atoms with van der Waals surface area (Å²) < 4.78 is 0. The van der Waals surface area contributed by atoms with E-state index in [4.69, 9.17) is 0 Å². The zero-order valence-electron chi connectivity index (χ0n) is 16.6. The highest BCUT2D eigenvalue weighted by molar-refractivity contribution is 5.91. The van der Waals surface area contributed by atoms with Crippen LogP contribution in [-0.2, 0) is 9.59 Å². The van der Waals surface area contributed by atoms with Crippen LogP contribution >= 0.6 is 0 Å². The fraction of sp³-hybridized carbons (Fsp3) is 0.818. The third-order valence-electron chi connectivity index (χ3n) is 8.95. The molecule has 0 radical (unpaired) electrons. The maximum absolute atomic E-state index is 11.9. The Balaban J connectivity index is 1.71. The average molecular weight is 360 g/mol. The van der Waals surface area contributed by atoms with Crippen molar-refractivity contribution in [3.8, 4) is 0 Å². The first-order valence-corrected chi connectivity index (χ1v) is 10.3. The van der Waals surface area contributed by atoms with Crippen LogP contribution in [0.15, 0.2) is 11.6 Å². The maximum atomic E-state index is 11.9. The number of aliphatic hydroxyl groups excluding tert-OH is 1. The fourth-order valence-electron chi connectivity index (χ4n) is 7.52. The van der Waals surface area contributed by atoms with Gasteiger partial charge in [0, 0.05) is 18.9 Å². The lowest BCUT2D eigenvalue weighted by Gasteiger charge is -2.61. The highest BCUT2D eigenvalue weighted by Gasteiger charge is 2.65. The van der Waals surface area contributed by atoms with E-state index in [1.165, 1.54) is 5.57 Å². The van der Waals surface area contributed by atoms with E-state index in [1.54, 1.807) is 6.92 Å². The van der Waals surface area contributed by atoms with E-state index in [-0.39, 0.29) is 40.1 Å². The predicted octanol–water partition coefficient (Wildman–Crippen LogP) is 3.38. The quantitative estimate of drug-likeness (QED) is 0.754. The van der Waals surface area contributed by atoms with Crippen molar-refractivity contribution in [1.29, 1.82) is 0 Å². The highest BCUT2D eigenvalue weighted by atomic mass is 16.3. The number of hydrogen-bond acceptors (Lipinski definition) is 3. The predicted molar refractivity (Wildman–Crippen MR) is 100 cm³/mol. The third kappa shape index (κ3) is 2.30. The Morgan fingerprint density at radius 2 is 1.92 bits per heavy atom. The minimum atomic E-state index is -0.366. The van der Waals surface area contributed by atoms with E-state index in [0.717, 1.165) is 38.5 Å². The van der Waals surface area contributed by atoms with Crippen molar-refractivity contribution in [1.82, 2.24) is 5.32 Å². The first-order chi connectivity index (χ1) is 12.1. The summed E-state index contributed by atoms with van der Waals surface area (Å²) in [7, 11) is 0. The van der Waals surface area contributed by atoms with Crippen molar-refractivity contribution < 1.29 is 14.7 Å². The van der Waals surface area contributed by atoms with Crippen molar-refractivity contribution in [2.24, 2.45) is 28.6 Å². The molecule has 0 bridgehead atoms. The zero-order chi connectivity index (χ0) is 18.9. The number of carbonyl (C=O) groups is 2. The van der Waals surface area contributed by atoms with Gasteiger partial charge in [0.05, 0.1) is 6.10 Å². The van der Waals surface area contributed by atoms with Crippen LogP contribution in [-0.4, -0.2) is 28.4 Å². The molecule has 0 aromatic heterocycles. The summed E-state index contributed by atoms with van der Waals surface area (Å²) >= 11 is 0. The largest absolute Gasteiger partial charge is 0.393 e. The summed E-state index contributed by atoms with van der Waals surface area (Å²) in [4.78, 5) is 23.8. The van der Waals surface area contributed by atoms with Crippen molar-refractivity contribution in [3.63, 3.8) is 0 Å². The van der Waals surface area contributed by atoms with Crippen LogP contribution in [0, 0.1) is 28.6 Å². The summed E-state index contributed by atoms with van der Waals surface area (Å²) in [6.07, 6.45) is 7.91. The smallest absolute Gasteiger partial charge is 0.217 e. The number of aliphatic hydroxyl groups is 1. The SMILES string of the molecule is CC(=O)N[C@]1(C)CCC2C3CCC4=CC(=O)CCC4(C)C3C(O)CC21C. The molecule has 1 amide bonds. The Hall–Kier alpha value is -1.16. The van der Waals surface area contributed by atoms with E-state index in [0.29, 0.717) is 18.3 Å². The summed E-state index contributed by atoms with van der Waals surface area (Å²) in [5, 5.41) is 14.6. The molecule has 6 unspecified atom stereocenters. The van der Waals surface area contributed by atoms with Gasteiger partial charge in [-0.3, -0.25) is 9.59 Å². The second kappa shape index (κ2) is 5.67. The molecule has 4 heteroatoms. The van der Waals surface area contributed by atoms with Gasteiger partial charge >= 0.3 is 0 Å². The molecular weight excluding hydrogens is 326 g/mol. The lowest BCUT2D eigenvalue weighted by Crippen LogP contribution is -2.63. The first kappa shape index (κ1) is 18.2. The highest BCUT2D eigenvalue weighted by Crippen LogP contribution is 2.67. The molecule has 0 aliphatic heterocycles. The minimum Gasteiger partial charge on any atom is -0.393 e.